The number of thiazole rings is 1. The summed E-state index contributed by atoms with van der Waals surface area (Å²) in [5.41, 5.74) is 0.783. The van der Waals surface area contributed by atoms with Crippen molar-refractivity contribution in [2.24, 2.45) is 5.92 Å². The number of aromatic nitrogens is 1. The van der Waals surface area contributed by atoms with Gasteiger partial charge in [0.05, 0.1) is 26.7 Å². The fourth-order valence-electron chi connectivity index (χ4n) is 3.11. The van der Waals surface area contributed by atoms with Crippen molar-refractivity contribution in [3.8, 4) is 0 Å². The highest BCUT2D eigenvalue weighted by molar-refractivity contribution is 7.89. The minimum absolute atomic E-state index is 0.156. The first kappa shape index (κ1) is 18.3. The number of nitrogens with zero attached hydrogens (tertiary/aromatic N) is 1. The van der Waals surface area contributed by atoms with Gasteiger partial charge in [-0.1, -0.05) is 6.92 Å². The molecule has 1 fully saturated rings. The molecule has 136 valence electrons. The highest BCUT2D eigenvalue weighted by Gasteiger charge is 2.21. The summed E-state index contributed by atoms with van der Waals surface area (Å²) in [6.45, 7) is 3.86. The number of nitrogens with one attached hydrogen (secondary N) is 2. The van der Waals surface area contributed by atoms with Crippen LogP contribution in [0.1, 0.15) is 37.6 Å². The number of carbonyl (C=O) groups is 1. The third-order valence-electron chi connectivity index (χ3n) is 4.58. The average Bonchev–Trinajstić information content (AvgIpc) is 2.94. The molecule has 1 aliphatic carbocycles. The van der Waals surface area contributed by atoms with E-state index in [2.05, 4.69) is 21.9 Å². The number of benzene rings is 1. The van der Waals surface area contributed by atoms with Gasteiger partial charge in [-0.15, -0.1) is 11.3 Å². The molecule has 2 aromatic rings. The van der Waals surface area contributed by atoms with Crippen LogP contribution < -0.4 is 10.0 Å². The maximum absolute atomic E-state index is 12.4. The van der Waals surface area contributed by atoms with Crippen molar-refractivity contribution < 1.29 is 13.2 Å². The standard InChI is InChI=1S/C17H23N3O3S2/c1-11-3-5-13(6-4-11)20-17(21)10-18-25(22,23)14-7-8-15-16(9-14)24-12(2)19-15/h7-9,11,13,18H,3-6,10H2,1-2H3,(H,20,21). The Balaban J connectivity index is 1.59. The van der Waals surface area contributed by atoms with Gasteiger partial charge in [0, 0.05) is 6.04 Å². The van der Waals surface area contributed by atoms with Gasteiger partial charge in [0.25, 0.3) is 0 Å². The maximum atomic E-state index is 12.4. The van der Waals surface area contributed by atoms with Gasteiger partial charge < -0.3 is 5.32 Å². The molecule has 1 aliphatic rings. The van der Waals surface area contributed by atoms with Crippen LogP contribution in [-0.4, -0.2) is 31.9 Å². The van der Waals surface area contributed by atoms with Crippen LogP contribution >= 0.6 is 11.3 Å². The summed E-state index contributed by atoms with van der Waals surface area (Å²) in [4.78, 5) is 16.5. The Morgan fingerprint density at radius 2 is 2.00 bits per heavy atom. The van der Waals surface area contributed by atoms with E-state index in [0.717, 1.165) is 40.9 Å². The van der Waals surface area contributed by atoms with E-state index in [0.29, 0.717) is 5.92 Å². The monoisotopic (exact) mass is 381 g/mol. The van der Waals surface area contributed by atoms with Gasteiger partial charge >= 0.3 is 0 Å². The molecule has 3 rings (SSSR count). The highest BCUT2D eigenvalue weighted by atomic mass is 32.2. The van der Waals surface area contributed by atoms with Crippen molar-refractivity contribution in [1.82, 2.24) is 15.0 Å². The molecule has 1 aromatic heterocycles. The summed E-state index contributed by atoms with van der Waals surface area (Å²) in [5, 5.41) is 3.81. The summed E-state index contributed by atoms with van der Waals surface area (Å²) >= 11 is 1.45. The molecule has 0 saturated heterocycles. The summed E-state index contributed by atoms with van der Waals surface area (Å²) in [6, 6.07) is 4.97. The van der Waals surface area contributed by atoms with Gasteiger partial charge in [-0.2, -0.15) is 0 Å². The second kappa shape index (κ2) is 7.39. The number of amides is 1. The van der Waals surface area contributed by atoms with E-state index >= 15 is 0 Å². The first-order valence-electron chi connectivity index (χ1n) is 8.50. The molecule has 0 aliphatic heterocycles. The van der Waals surface area contributed by atoms with Gasteiger partial charge in [0.15, 0.2) is 0 Å². The van der Waals surface area contributed by atoms with Crippen molar-refractivity contribution in [3.05, 3.63) is 23.2 Å². The van der Waals surface area contributed by atoms with Crippen LogP contribution in [0.3, 0.4) is 0 Å². The Hall–Kier alpha value is -1.51. The molecule has 1 amide bonds. The van der Waals surface area contributed by atoms with Crippen LogP contribution in [0.4, 0.5) is 0 Å². The number of fused-ring (bicyclic) bond motifs is 1. The van der Waals surface area contributed by atoms with E-state index in [1.807, 2.05) is 6.92 Å². The summed E-state index contributed by atoms with van der Waals surface area (Å²) in [6.07, 6.45) is 4.12. The lowest BCUT2D eigenvalue weighted by molar-refractivity contribution is -0.120. The zero-order valence-corrected chi connectivity index (χ0v) is 16.0. The largest absolute Gasteiger partial charge is 0.352 e. The topological polar surface area (TPSA) is 88.2 Å². The van der Waals surface area contributed by atoms with Crippen LogP contribution in [0.15, 0.2) is 23.1 Å². The first-order chi connectivity index (χ1) is 11.8. The molecule has 8 heteroatoms. The number of carbonyl (C=O) groups excluding carboxylic acids is 1. The van der Waals surface area contributed by atoms with Crippen molar-refractivity contribution in [3.63, 3.8) is 0 Å². The predicted molar refractivity (Wildman–Crippen MR) is 99.1 cm³/mol. The van der Waals surface area contributed by atoms with E-state index in [4.69, 9.17) is 0 Å². The molecule has 6 nitrogen and oxygen atoms in total. The average molecular weight is 382 g/mol. The van der Waals surface area contributed by atoms with E-state index in [-0.39, 0.29) is 23.4 Å². The fourth-order valence-corrected chi connectivity index (χ4v) is 5.06. The maximum Gasteiger partial charge on any atom is 0.241 e. The van der Waals surface area contributed by atoms with E-state index < -0.39 is 10.0 Å². The zero-order chi connectivity index (χ0) is 18.0. The van der Waals surface area contributed by atoms with E-state index in [9.17, 15) is 13.2 Å². The molecule has 1 saturated carbocycles. The van der Waals surface area contributed by atoms with Gasteiger partial charge in [0.1, 0.15) is 0 Å². The smallest absolute Gasteiger partial charge is 0.241 e. The van der Waals surface area contributed by atoms with Crippen molar-refractivity contribution in [2.45, 2.75) is 50.5 Å². The lowest BCUT2D eigenvalue weighted by atomic mass is 9.87. The van der Waals surface area contributed by atoms with Gasteiger partial charge in [-0.25, -0.2) is 18.1 Å². The quantitative estimate of drug-likeness (QED) is 0.833. The van der Waals surface area contributed by atoms with Gasteiger partial charge in [0.2, 0.25) is 15.9 Å². The van der Waals surface area contributed by atoms with Crippen molar-refractivity contribution in [2.75, 3.05) is 6.54 Å². The minimum atomic E-state index is -3.72. The van der Waals surface area contributed by atoms with E-state index in [1.54, 1.807) is 12.1 Å². The summed E-state index contributed by atoms with van der Waals surface area (Å²) in [5.74, 6) is 0.426. The highest BCUT2D eigenvalue weighted by Crippen LogP contribution is 2.25. The molecule has 1 aromatic carbocycles. The third kappa shape index (κ3) is 4.56. The number of sulfonamides is 1. The molecular formula is C17H23N3O3S2. The second-order valence-corrected chi connectivity index (χ2v) is 9.71. The van der Waals surface area contributed by atoms with E-state index in [1.165, 1.54) is 17.4 Å². The molecule has 0 spiro atoms. The first-order valence-corrected chi connectivity index (χ1v) is 10.8. The van der Waals surface area contributed by atoms with Crippen LogP contribution in [0.2, 0.25) is 0 Å². The zero-order valence-electron chi connectivity index (χ0n) is 14.4. The molecule has 0 unspecified atom stereocenters. The van der Waals surface area contributed by atoms with Crippen LogP contribution in [0.5, 0.6) is 0 Å². The Labute approximate surface area is 152 Å². The fraction of sp³-hybridized carbons (Fsp3) is 0.529. The molecule has 1 heterocycles. The van der Waals surface area contributed by atoms with Gasteiger partial charge in [-0.3, -0.25) is 4.79 Å². The molecule has 25 heavy (non-hydrogen) atoms. The molecular weight excluding hydrogens is 358 g/mol. The van der Waals surface area contributed by atoms with Crippen LogP contribution in [-0.2, 0) is 14.8 Å². The Morgan fingerprint density at radius 3 is 2.72 bits per heavy atom. The number of rotatable bonds is 5. The molecule has 0 radical (unpaired) electrons. The lowest BCUT2D eigenvalue weighted by Gasteiger charge is -2.26. The molecule has 2 N–H and O–H groups in total. The molecule has 0 bridgehead atoms. The second-order valence-electron chi connectivity index (χ2n) is 6.71. The summed E-state index contributed by atoms with van der Waals surface area (Å²) in [7, 11) is -3.72. The Morgan fingerprint density at radius 1 is 1.28 bits per heavy atom. The molecule has 0 atom stereocenters. The lowest BCUT2D eigenvalue weighted by Crippen LogP contribution is -2.43. The summed E-state index contributed by atoms with van der Waals surface area (Å²) < 4.78 is 28.0. The Kier molecular flexibility index (Phi) is 5.41. The number of hydrogen-bond acceptors (Lipinski definition) is 5. The third-order valence-corrected chi connectivity index (χ3v) is 6.91. The number of aryl methyl sites for hydroxylation is 1. The van der Waals surface area contributed by atoms with Gasteiger partial charge in [-0.05, 0) is 56.7 Å². The normalized spacial score (nSPS) is 21.4. The van der Waals surface area contributed by atoms with Crippen LogP contribution in [0.25, 0.3) is 10.2 Å². The Bertz CT molecular complexity index is 868. The van der Waals surface area contributed by atoms with Crippen molar-refractivity contribution >= 4 is 37.5 Å². The number of hydrogen-bond donors (Lipinski definition) is 2. The predicted octanol–water partition coefficient (Wildman–Crippen LogP) is 2.58. The SMILES string of the molecule is Cc1nc2ccc(S(=O)(=O)NCC(=O)NC3CCC(C)CC3)cc2s1. The van der Waals surface area contributed by atoms with Crippen LogP contribution in [0, 0.1) is 12.8 Å². The van der Waals surface area contributed by atoms with Crippen molar-refractivity contribution in [1.29, 1.82) is 0 Å². The minimum Gasteiger partial charge on any atom is -0.352 e.